The molecule has 4 aliphatic carbocycles. The molecule has 4 heteroatoms. The van der Waals surface area contributed by atoms with Gasteiger partial charge in [0.25, 0.3) is 5.91 Å². The van der Waals surface area contributed by atoms with Crippen LogP contribution in [-0.2, 0) is 18.3 Å². The third kappa shape index (κ3) is 4.08. The second-order valence-electron chi connectivity index (χ2n) is 13.1. The monoisotopic (exact) mass is 519 g/mol. The van der Waals surface area contributed by atoms with Gasteiger partial charge in [0.1, 0.15) is 0 Å². The summed E-state index contributed by atoms with van der Waals surface area (Å²) in [5.41, 5.74) is 6.43. The van der Waals surface area contributed by atoms with Crippen LogP contribution in [0.2, 0.25) is 0 Å². The van der Waals surface area contributed by atoms with Crippen molar-refractivity contribution in [2.45, 2.75) is 88.8 Å². The van der Waals surface area contributed by atoms with Crippen molar-refractivity contribution in [1.29, 1.82) is 0 Å². The number of rotatable bonds is 6. The summed E-state index contributed by atoms with van der Waals surface area (Å²) in [7, 11) is 2.14. The summed E-state index contributed by atoms with van der Waals surface area (Å²) < 4.78 is 2.30. The Morgan fingerprint density at radius 1 is 1.03 bits per heavy atom. The van der Waals surface area contributed by atoms with Gasteiger partial charge in [0.2, 0.25) is 0 Å². The van der Waals surface area contributed by atoms with Gasteiger partial charge in [-0.1, -0.05) is 50.1 Å². The highest BCUT2D eigenvalue weighted by atomic mass is 16.2. The molecule has 3 aromatic rings. The molecule has 1 aliphatic heterocycles. The number of terminal acetylenes is 1. The van der Waals surface area contributed by atoms with Crippen LogP contribution in [0, 0.1) is 30.1 Å². The first kappa shape index (κ1) is 24.8. The molecule has 1 aromatic heterocycles. The molecule has 4 nitrogen and oxygen atoms in total. The van der Waals surface area contributed by atoms with Crippen molar-refractivity contribution >= 4 is 22.5 Å². The predicted octanol–water partition coefficient (Wildman–Crippen LogP) is 7.23. The number of anilines is 1. The first-order valence-electron chi connectivity index (χ1n) is 15.2. The lowest BCUT2D eigenvalue weighted by Crippen LogP contribution is -2.54. The Kier molecular flexibility index (Phi) is 6.03. The molecule has 4 saturated carbocycles. The van der Waals surface area contributed by atoms with Gasteiger partial charge in [-0.05, 0) is 104 Å². The first-order chi connectivity index (χ1) is 19.0. The van der Waals surface area contributed by atoms with Crippen molar-refractivity contribution in [3.63, 3.8) is 0 Å². The third-order valence-electron chi connectivity index (χ3n) is 10.6. The van der Waals surface area contributed by atoms with Crippen LogP contribution in [0.15, 0.2) is 48.5 Å². The van der Waals surface area contributed by atoms with Crippen molar-refractivity contribution < 1.29 is 4.79 Å². The van der Waals surface area contributed by atoms with Crippen LogP contribution in [0.25, 0.3) is 10.9 Å². The lowest BCUT2D eigenvalue weighted by molar-refractivity contribution is -0.130. The summed E-state index contributed by atoms with van der Waals surface area (Å²) in [4.78, 5) is 15.4. The zero-order chi connectivity index (χ0) is 26.7. The van der Waals surface area contributed by atoms with E-state index in [0.29, 0.717) is 0 Å². The number of nitrogens with zero attached hydrogens (tertiary/aromatic N) is 2. The summed E-state index contributed by atoms with van der Waals surface area (Å²) in [6.07, 6.45) is 18.1. The molecule has 4 bridgehead atoms. The van der Waals surface area contributed by atoms with E-state index in [9.17, 15) is 4.79 Å². The zero-order valence-electron chi connectivity index (χ0n) is 23.5. The fourth-order valence-corrected chi connectivity index (χ4v) is 9.41. The molecule has 202 valence electrons. The molecule has 2 atom stereocenters. The van der Waals surface area contributed by atoms with Gasteiger partial charge in [0, 0.05) is 40.9 Å². The molecular weight excluding hydrogens is 478 g/mol. The Labute approximate surface area is 233 Å². The fourth-order valence-electron chi connectivity index (χ4n) is 9.41. The highest BCUT2D eigenvalue weighted by Gasteiger charge is 2.51. The number of fused-ring (bicyclic) bond motifs is 3. The van der Waals surface area contributed by atoms with Crippen molar-refractivity contribution in [2.75, 3.05) is 5.32 Å². The third-order valence-corrected chi connectivity index (χ3v) is 10.6. The van der Waals surface area contributed by atoms with E-state index < -0.39 is 0 Å². The minimum absolute atomic E-state index is 0.0987. The van der Waals surface area contributed by atoms with E-state index in [-0.39, 0.29) is 23.5 Å². The van der Waals surface area contributed by atoms with E-state index in [4.69, 9.17) is 6.42 Å². The summed E-state index contributed by atoms with van der Waals surface area (Å²) in [6.45, 7) is 2.21. The Morgan fingerprint density at radius 2 is 1.69 bits per heavy atom. The molecule has 39 heavy (non-hydrogen) atoms. The number of carbonyl (C=O) groups excluding carboxylic acids is 1. The Balaban J connectivity index is 1.27. The molecule has 2 aromatic carbocycles. The number of aromatic nitrogens is 1. The smallest absolute Gasteiger partial charge is 0.299 e. The number of hydrogen-bond donors (Lipinski definition) is 1. The quantitative estimate of drug-likeness (QED) is 0.349. The average Bonchev–Trinajstić information content (AvgIpc) is 3.21. The van der Waals surface area contributed by atoms with E-state index >= 15 is 0 Å². The molecule has 1 amide bonds. The zero-order valence-corrected chi connectivity index (χ0v) is 23.5. The number of carbonyl (C=O) groups is 1. The Bertz CT molecular complexity index is 1410. The number of benzene rings is 2. The molecule has 1 N–H and O–H groups in total. The lowest BCUT2D eigenvalue weighted by Gasteiger charge is -2.57. The normalized spacial score (nSPS) is 30.8. The van der Waals surface area contributed by atoms with E-state index in [1.807, 2.05) is 4.90 Å². The van der Waals surface area contributed by atoms with Crippen molar-refractivity contribution in [3.8, 4) is 12.3 Å². The topological polar surface area (TPSA) is 37.3 Å². The van der Waals surface area contributed by atoms with Gasteiger partial charge in [-0.25, -0.2) is 0 Å². The van der Waals surface area contributed by atoms with Gasteiger partial charge in [-0.2, -0.15) is 0 Å². The number of hydrogen-bond acceptors (Lipinski definition) is 2. The van der Waals surface area contributed by atoms with Crippen molar-refractivity contribution in [2.24, 2.45) is 24.8 Å². The van der Waals surface area contributed by atoms with Gasteiger partial charge in [-0.15, -0.1) is 6.42 Å². The lowest BCUT2D eigenvalue weighted by atomic mass is 9.53. The molecule has 8 rings (SSSR count). The summed E-state index contributed by atoms with van der Waals surface area (Å²) in [5, 5.41) is 5.33. The molecule has 0 unspecified atom stereocenters. The van der Waals surface area contributed by atoms with Crippen LogP contribution >= 0.6 is 0 Å². The Morgan fingerprint density at radius 3 is 2.33 bits per heavy atom. The maximum atomic E-state index is 13.4. The number of para-hydroxylation sites is 1. The van der Waals surface area contributed by atoms with E-state index in [2.05, 4.69) is 78.3 Å². The summed E-state index contributed by atoms with van der Waals surface area (Å²) in [6, 6.07) is 17.6. The summed E-state index contributed by atoms with van der Waals surface area (Å²) in [5.74, 6) is 5.03. The molecule has 2 heterocycles. The van der Waals surface area contributed by atoms with E-state index in [1.165, 1.54) is 66.4 Å². The number of unbranched alkanes of at least 4 members (excludes halogenated alkanes) is 1. The van der Waals surface area contributed by atoms with Crippen LogP contribution in [0.1, 0.15) is 87.6 Å². The van der Waals surface area contributed by atoms with Crippen LogP contribution < -0.4 is 5.32 Å². The minimum atomic E-state index is -0.201. The van der Waals surface area contributed by atoms with Crippen LogP contribution in [0.5, 0.6) is 0 Å². The van der Waals surface area contributed by atoms with Crippen LogP contribution in [0.4, 0.5) is 5.69 Å². The minimum Gasteiger partial charge on any atom is -0.380 e. The van der Waals surface area contributed by atoms with Gasteiger partial charge in [-0.3, -0.25) is 4.79 Å². The SMILES string of the molecule is C#CC(=O)N1[C@@H](CCCC)Cc2c(n(C)c3ccccc23)[C@@H]1c1ccc(NC23CC4CC(CC(C4)C2)C3)cc1. The van der Waals surface area contributed by atoms with E-state index in [1.54, 1.807) is 0 Å². The second-order valence-corrected chi connectivity index (χ2v) is 13.1. The predicted molar refractivity (Wildman–Crippen MR) is 158 cm³/mol. The van der Waals surface area contributed by atoms with Gasteiger partial charge >= 0.3 is 0 Å². The number of aryl methyl sites for hydroxylation is 1. The highest BCUT2D eigenvalue weighted by Crippen LogP contribution is 2.56. The maximum Gasteiger partial charge on any atom is 0.299 e. The maximum absolute atomic E-state index is 13.4. The fraction of sp³-hybridized carbons (Fsp3) is 0.514. The summed E-state index contributed by atoms with van der Waals surface area (Å²) >= 11 is 0. The standard InChI is InChI=1S/C35H41N3O/c1-4-6-9-28-19-30-29-10-7-8-11-31(29)37(3)34(30)33(38(28)32(39)5-2)26-12-14-27(15-13-26)36-35-20-23-16-24(21-35)18-25(17-23)22-35/h2,7-8,10-15,23-25,28,33,36H,4,6,9,16-22H2,1,3H3/t23?,24?,25?,28-,33-,35?/m0/s1. The van der Waals surface area contributed by atoms with E-state index in [0.717, 1.165) is 49.0 Å². The molecule has 5 aliphatic rings. The van der Waals surface area contributed by atoms with Gasteiger partial charge in [0.15, 0.2) is 0 Å². The molecule has 4 fully saturated rings. The molecule has 0 spiro atoms. The van der Waals surface area contributed by atoms with Crippen molar-refractivity contribution in [1.82, 2.24) is 9.47 Å². The molecular formula is C35H41N3O. The van der Waals surface area contributed by atoms with Gasteiger partial charge < -0.3 is 14.8 Å². The van der Waals surface area contributed by atoms with Crippen LogP contribution in [0.3, 0.4) is 0 Å². The molecule has 0 radical (unpaired) electrons. The number of nitrogens with one attached hydrogen (secondary N) is 1. The van der Waals surface area contributed by atoms with Crippen LogP contribution in [-0.4, -0.2) is 27.0 Å². The Hall–Kier alpha value is -3.19. The molecule has 0 saturated heterocycles. The highest BCUT2D eigenvalue weighted by molar-refractivity contribution is 5.95. The van der Waals surface area contributed by atoms with Crippen molar-refractivity contribution in [3.05, 3.63) is 65.4 Å². The van der Waals surface area contributed by atoms with Gasteiger partial charge in [0.05, 0.1) is 6.04 Å². The average molecular weight is 520 g/mol. The largest absolute Gasteiger partial charge is 0.380 e. The first-order valence-corrected chi connectivity index (χ1v) is 15.2. The number of amides is 1. The second kappa shape index (κ2) is 9.47.